The molecule has 0 bridgehead atoms. The SMILES string of the molecule is CNc1c(Cl)ncnc1NCC(C)OC. The van der Waals surface area contributed by atoms with E-state index in [2.05, 4.69) is 20.6 Å². The number of ether oxygens (including phenoxy) is 1. The van der Waals surface area contributed by atoms with Gasteiger partial charge in [0.2, 0.25) is 0 Å². The van der Waals surface area contributed by atoms with E-state index in [0.29, 0.717) is 23.2 Å². The van der Waals surface area contributed by atoms with Gasteiger partial charge in [-0.3, -0.25) is 0 Å². The van der Waals surface area contributed by atoms with Crippen LogP contribution in [0.25, 0.3) is 0 Å². The van der Waals surface area contributed by atoms with Gasteiger partial charge in [0.05, 0.1) is 6.10 Å². The molecule has 15 heavy (non-hydrogen) atoms. The Morgan fingerprint density at radius 3 is 2.87 bits per heavy atom. The molecule has 1 aromatic heterocycles. The number of nitrogens with zero attached hydrogens (tertiary/aromatic N) is 2. The second kappa shape index (κ2) is 5.72. The second-order valence-corrected chi connectivity index (χ2v) is 3.42. The van der Waals surface area contributed by atoms with E-state index in [9.17, 15) is 0 Å². The van der Waals surface area contributed by atoms with Crippen LogP contribution < -0.4 is 10.6 Å². The highest BCUT2D eigenvalue weighted by atomic mass is 35.5. The lowest BCUT2D eigenvalue weighted by Crippen LogP contribution is -2.19. The van der Waals surface area contributed by atoms with Crippen LogP contribution in [0.3, 0.4) is 0 Å². The zero-order valence-corrected chi connectivity index (χ0v) is 9.80. The van der Waals surface area contributed by atoms with Gasteiger partial charge in [-0.05, 0) is 6.92 Å². The monoisotopic (exact) mass is 230 g/mol. The number of methoxy groups -OCH3 is 1. The first-order valence-electron chi connectivity index (χ1n) is 4.64. The van der Waals surface area contributed by atoms with E-state index in [1.807, 2.05) is 6.92 Å². The number of hydrogen-bond donors (Lipinski definition) is 2. The molecule has 0 amide bonds. The van der Waals surface area contributed by atoms with Crippen molar-refractivity contribution in [2.45, 2.75) is 13.0 Å². The Morgan fingerprint density at radius 1 is 1.53 bits per heavy atom. The number of halogens is 1. The molecule has 1 atom stereocenters. The van der Waals surface area contributed by atoms with Crippen molar-refractivity contribution in [3.05, 3.63) is 11.5 Å². The van der Waals surface area contributed by atoms with Gasteiger partial charge in [-0.15, -0.1) is 0 Å². The van der Waals surface area contributed by atoms with Gasteiger partial charge in [0.15, 0.2) is 11.0 Å². The minimum atomic E-state index is 0.114. The summed E-state index contributed by atoms with van der Waals surface area (Å²) in [5.41, 5.74) is 0.697. The molecule has 5 nitrogen and oxygen atoms in total. The topological polar surface area (TPSA) is 59.1 Å². The van der Waals surface area contributed by atoms with Crippen LogP contribution >= 0.6 is 11.6 Å². The third-order valence-corrected chi connectivity index (χ3v) is 2.30. The van der Waals surface area contributed by atoms with Crippen LogP contribution in [0.1, 0.15) is 6.92 Å². The van der Waals surface area contributed by atoms with E-state index in [-0.39, 0.29) is 6.10 Å². The van der Waals surface area contributed by atoms with Gasteiger partial charge in [0.25, 0.3) is 0 Å². The minimum absolute atomic E-state index is 0.114. The minimum Gasteiger partial charge on any atom is -0.383 e. The van der Waals surface area contributed by atoms with Crippen molar-refractivity contribution < 1.29 is 4.74 Å². The van der Waals surface area contributed by atoms with Crippen LogP contribution in [0, 0.1) is 0 Å². The van der Waals surface area contributed by atoms with Crippen molar-refractivity contribution in [3.8, 4) is 0 Å². The molecular formula is C9H15ClN4O. The van der Waals surface area contributed by atoms with Gasteiger partial charge in [-0.2, -0.15) is 0 Å². The summed E-state index contributed by atoms with van der Waals surface area (Å²) in [6.07, 6.45) is 1.53. The predicted molar refractivity (Wildman–Crippen MR) is 61.5 cm³/mol. The predicted octanol–water partition coefficient (Wildman–Crippen LogP) is 1.62. The quantitative estimate of drug-likeness (QED) is 0.753. The smallest absolute Gasteiger partial charge is 0.157 e. The molecule has 0 saturated heterocycles. The van der Waals surface area contributed by atoms with Crippen LogP contribution in [0.15, 0.2) is 6.33 Å². The van der Waals surface area contributed by atoms with Crippen molar-refractivity contribution in [1.29, 1.82) is 0 Å². The molecule has 1 heterocycles. The molecule has 1 aromatic rings. The third kappa shape index (κ3) is 3.21. The van der Waals surface area contributed by atoms with E-state index in [0.717, 1.165) is 0 Å². The first-order chi connectivity index (χ1) is 7.19. The largest absolute Gasteiger partial charge is 0.383 e. The van der Waals surface area contributed by atoms with Crippen molar-refractivity contribution in [1.82, 2.24) is 9.97 Å². The lowest BCUT2D eigenvalue weighted by molar-refractivity contribution is 0.128. The molecule has 6 heteroatoms. The summed E-state index contributed by atoms with van der Waals surface area (Å²) in [6.45, 7) is 2.63. The molecule has 2 N–H and O–H groups in total. The molecule has 84 valence electrons. The number of aromatic nitrogens is 2. The van der Waals surface area contributed by atoms with Gasteiger partial charge in [-0.25, -0.2) is 9.97 Å². The third-order valence-electron chi connectivity index (χ3n) is 2.01. The molecular weight excluding hydrogens is 216 g/mol. The highest BCUT2D eigenvalue weighted by Crippen LogP contribution is 2.25. The fourth-order valence-corrected chi connectivity index (χ4v) is 1.27. The van der Waals surface area contributed by atoms with E-state index >= 15 is 0 Å². The maximum atomic E-state index is 5.89. The Balaban J connectivity index is 2.72. The molecule has 1 unspecified atom stereocenters. The molecule has 0 aliphatic rings. The summed E-state index contributed by atoms with van der Waals surface area (Å²) in [4.78, 5) is 7.97. The molecule has 0 aromatic carbocycles. The van der Waals surface area contributed by atoms with Crippen molar-refractivity contribution in [2.75, 3.05) is 31.3 Å². The molecule has 1 rings (SSSR count). The van der Waals surface area contributed by atoms with Gasteiger partial charge in [0.1, 0.15) is 12.0 Å². The van der Waals surface area contributed by atoms with Gasteiger partial charge in [-0.1, -0.05) is 11.6 Å². The van der Waals surface area contributed by atoms with Crippen LogP contribution in [0.5, 0.6) is 0 Å². The molecule has 0 spiro atoms. The Hall–Kier alpha value is -1.07. The van der Waals surface area contributed by atoms with E-state index < -0.39 is 0 Å². The Kier molecular flexibility index (Phi) is 4.58. The highest BCUT2D eigenvalue weighted by Gasteiger charge is 2.08. The fourth-order valence-electron chi connectivity index (χ4n) is 1.04. The second-order valence-electron chi connectivity index (χ2n) is 3.07. The van der Waals surface area contributed by atoms with E-state index in [1.165, 1.54) is 6.33 Å². The number of anilines is 2. The van der Waals surface area contributed by atoms with Gasteiger partial charge >= 0.3 is 0 Å². The first-order valence-corrected chi connectivity index (χ1v) is 5.01. The van der Waals surface area contributed by atoms with Crippen molar-refractivity contribution in [2.24, 2.45) is 0 Å². The molecule has 0 saturated carbocycles. The summed E-state index contributed by atoms with van der Waals surface area (Å²) >= 11 is 5.89. The van der Waals surface area contributed by atoms with Gasteiger partial charge < -0.3 is 15.4 Å². The standard InChI is InChI=1S/C9H15ClN4O/c1-6(15-3)4-12-9-7(11-2)8(10)13-5-14-9/h5-6,11H,4H2,1-3H3,(H,12,13,14). The summed E-state index contributed by atoms with van der Waals surface area (Å²) in [7, 11) is 3.44. The Bertz CT molecular complexity index is 321. The van der Waals surface area contributed by atoms with Crippen LogP contribution in [0.4, 0.5) is 11.5 Å². The lowest BCUT2D eigenvalue weighted by Gasteiger charge is -2.14. The average molecular weight is 231 g/mol. The zero-order valence-electron chi connectivity index (χ0n) is 9.04. The van der Waals surface area contributed by atoms with Crippen molar-refractivity contribution in [3.63, 3.8) is 0 Å². The Morgan fingerprint density at radius 2 is 2.27 bits per heavy atom. The number of rotatable bonds is 5. The van der Waals surface area contributed by atoms with E-state index in [4.69, 9.17) is 16.3 Å². The summed E-state index contributed by atoms with van der Waals surface area (Å²) in [5.74, 6) is 0.682. The summed E-state index contributed by atoms with van der Waals surface area (Å²) in [6, 6.07) is 0. The highest BCUT2D eigenvalue weighted by molar-refractivity contribution is 6.32. The molecule has 0 radical (unpaired) electrons. The lowest BCUT2D eigenvalue weighted by atomic mass is 10.4. The molecule has 0 fully saturated rings. The number of hydrogen-bond acceptors (Lipinski definition) is 5. The normalized spacial score (nSPS) is 12.3. The fraction of sp³-hybridized carbons (Fsp3) is 0.556. The summed E-state index contributed by atoms with van der Waals surface area (Å²) in [5, 5.41) is 6.48. The summed E-state index contributed by atoms with van der Waals surface area (Å²) < 4.78 is 5.12. The van der Waals surface area contributed by atoms with E-state index in [1.54, 1.807) is 14.2 Å². The first kappa shape index (κ1) is 12.0. The molecule has 0 aliphatic heterocycles. The average Bonchev–Trinajstić information content (AvgIpc) is 2.25. The van der Waals surface area contributed by atoms with Crippen molar-refractivity contribution >= 4 is 23.1 Å². The molecule has 0 aliphatic carbocycles. The maximum Gasteiger partial charge on any atom is 0.157 e. The zero-order chi connectivity index (χ0) is 11.3. The Labute approximate surface area is 94.2 Å². The van der Waals surface area contributed by atoms with Gasteiger partial charge in [0, 0.05) is 20.7 Å². The van der Waals surface area contributed by atoms with Crippen LogP contribution in [0.2, 0.25) is 5.15 Å². The maximum absolute atomic E-state index is 5.89. The van der Waals surface area contributed by atoms with Crippen LogP contribution in [-0.2, 0) is 4.74 Å². The van der Waals surface area contributed by atoms with Crippen LogP contribution in [-0.4, -0.2) is 36.8 Å². The number of nitrogens with one attached hydrogen (secondary N) is 2.